The van der Waals surface area contributed by atoms with Crippen LogP contribution < -0.4 is 32.3 Å². The maximum Gasteiger partial charge on any atom is 0.243 e. The molecule has 4 atom stereocenters. The predicted molar refractivity (Wildman–Crippen MR) is 166 cm³/mol. The molecule has 8 N–H and O–H groups in total. The highest BCUT2D eigenvalue weighted by Gasteiger charge is 2.27. The third kappa shape index (κ3) is 12.7. The van der Waals surface area contributed by atoms with Crippen molar-refractivity contribution in [1.29, 1.82) is 0 Å². The molecule has 0 fully saturated rings. The number of hydrogen-bond donors (Lipinski definition) is 7. The van der Waals surface area contributed by atoms with Gasteiger partial charge in [-0.25, -0.2) is 0 Å². The van der Waals surface area contributed by atoms with Gasteiger partial charge in [0, 0.05) is 13.0 Å². The normalized spacial score (nSPS) is 13.5. The van der Waals surface area contributed by atoms with E-state index in [2.05, 4.69) is 26.6 Å². The SMILES string of the molecule is CCNC(=O)[C@H](CCSC)NC(=O)[C@H](Cc1ccccc1)NC(=O)CNC(=O)[C@@H](C)NC(=O)[C@@H](N)Cc1ccc(O)cc1. The van der Waals surface area contributed by atoms with E-state index in [9.17, 15) is 29.1 Å². The Kier molecular flexibility index (Phi) is 15.1. The number of nitrogens with two attached hydrogens (primary N) is 1. The van der Waals surface area contributed by atoms with E-state index in [1.54, 1.807) is 30.8 Å². The van der Waals surface area contributed by atoms with Crippen LogP contribution in [0.1, 0.15) is 31.4 Å². The van der Waals surface area contributed by atoms with Crippen LogP contribution in [0.4, 0.5) is 0 Å². The summed E-state index contributed by atoms with van der Waals surface area (Å²) in [6, 6.07) is 11.7. The molecule has 0 aliphatic rings. The first-order valence-electron chi connectivity index (χ1n) is 14.1. The Morgan fingerprint density at radius 2 is 1.44 bits per heavy atom. The Morgan fingerprint density at radius 1 is 0.791 bits per heavy atom. The summed E-state index contributed by atoms with van der Waals surface area (Å²) < 4.78 is 0. The molecule has 0 heterocycles. The predicted octanol–water partition coefficient (Wildman–Crippen LogP) is -0.0156. The highest BCUT2D eigenvalue weighted by atomic mass is 32.2. The van der Waals surface area contributed by atoms with Crippen LogP contribution in [-0.2, 0) is 36.8 Å². The van der Waals surface area contributed by atoms with Crippen molar-refractivity contribution < 1.29 is 29.1 Å². The molecule has 0 aromatic heterocycles. The summed E-state index contributed by atoms with van der Waals surface area (Å²) in [5.74, 6) is -1.87. The van der Waals surface area contributed by atoms with Crippen LogP contribution >= 0.6 is 11.8 Å². The van der Waals surface area contributed by atoms with Gasteiger partial charge < -0.3 is 37.4 Å². The summed E-state index contributed by atoms with van der Waals surface area (Å²) in [6.45, 7) is 3.22. The lowest BCUT2D eigenvalue weighted by Crippen LogP contribution is -2.56. The zero-order chi connectivity index (χ0) is 31.8. The van der Waals surface area contributed by atoms with Gasteiger partial charge in [-0.15, -0.1) is 0 Å². The molecule has 2 rings (SSSR count). The fourth-order valence-electron chi connectivity index (χ4n) is 4.06. The van der Waals surface area contributed by atoms with Crippen molar-refractivity contribution in [1.82, 2.24) is 26.6 Å². The fourth-order valence-corrected chi connectivity index (χ4v) is 4.54. The van der Waals surface area contributed by atoms with Gasteiger partial charge in [-0.1, -0.05) is 42.5 Å². The second-order valence-corrected chi connectivity index (χ2v) is 11.0. The minimum absolute atomic E-state index is 0.0952. The van der Waals surface area contributed by atoms with E-state index in [1.807, 2.05) is 36.6 Å². The number of phenolic OH excluding ortho intramolecular Hbond substituents is 1. The van der Waals surface area contributed by atoms with E-state index in [1.165, 1.54) is 19.1 Å². The number of rotatable bonds is 17. The van der Waals surface area contributed by atoms with Crippen molar-refractivity contribution in [3.05, 3.63) is 65.7 Å². The molecule has 13 heteroatoms. The second-order valence-electron chi connectivity index (χ2n) is 9.97. The average molecular weight is 615 g/mol. The fraction of sp³-hybridized carbons (Fsp3) is 0.433. The Morgan fingerprint density at radius 3 is 2.07 bits per heavy atom. The molecular formula is C30H42N6O6S. The number of carbonyl (C=O) groups is 5. The lowest BCUT2D eigenvalue weighted by Gasteiger charge is -2.23. The summed E-state index contributed by atoms with van der Waals surface area (Å²) in [7, 11) is 0. The van der Waals surface area contributed by atoms with Crippen molar-refractivity contribution in [2.75, 3.05) is 25.1 Å². The highest BCUT2D eigenvalue weighted by molar-refractivity contribution is 7.98. The lowest BCUT2D eigenvalue weighted by atomic mass is 10.0. The number of benzene rings is 2. The summed E-state index contributed by atoms with van der Waals surface area (Å²) in [6.07, 6.45) is 2.69. The quantitative estimate of drug-likeness (QED) is 0.129. The first-order chi connectivity index (χ1) is 20.5. The smallest absolute Gasteiger partial charge is 0.243 e. The largest absolute Gasteiger partial charge is 0.508 e. The third-order valence-electron chi connectivity index (χ3n) is 6.43. The lowest BCUT2D eigenvalue weighted by molar-refractivity contribution is -0.133. The Hall–Kier alpha value is -4.10. The molecule has 0 radical (unpaired) electrons. The molecule has 0 bridgehead atoms. The molecule has 0 unspecified atom stereocenters. The molecule has 0 spiro atoms. The minimum Gasteiger partial charge on any atom is -0.508 e. The number of hydrogen-bond acceptors (Lipinski definition) is 8. The van der Waals surface area contributed by atoms with Crippen LogP contribution in [0.5, 0.6) is 5.75 Å². The number of likely N-dealkylation sites (N-methyl/N-ethyl adjacent to an activating group) is 1. The Labute approximate surface area is 256 Å². The Bertz CT molecular complexity index is 1210. The van der Waals surface area contributed by atoms with Gasteiger partial charge in [0.25, 0.3) is 0 Å². The van der Waals surface area contributed by atoms with Gasteiger partial charge in [-0.05, 0) is 62.0 Å². The van der Waals surface area contributed by atoms with Crippen LogP contribution in [0.15, 0.2) is 54.6 Å². The van der Waals surface area contributed by atoms with Gasteiger partial charge in [0.05, 0.1) is 12.6 Å². The molecule has 2 aromatic carbocycles. The van der Waals surface area contributed by atoms with Crippen molar-refractivity contribution in [3.63, 3.8) is 0 Å². The number of thioether (sulfide) groups is 1. The van der Waals surface area contributed by atoms with Gasteiger partial charge in [0.15, 0.2) is 0 Å². The first-order valence-corrected chi connectivity index (χ1v) is 15.4. The summed E-state index contributed by atoms with van der Waals surface area (Å²) in [4.78, 5) is 63.7. The number of nitrogens with one attached hydrogen (secondary N) is 5. The number of aromatic hydroxyl groups is 1. The highest BCUT2D eigenvalue weighted by Crippen LogP contribution is 2.11. The van der Waals surface area contributed by atoms with Gasteiger partial charge in [-0.2, -0.15) is 11.8 Å². The van der Waals surface area contributed by atoms with E-state index in [0.29, 0.717) is 18.7 Å². The van der Waals surface area contributed by atoms with Crippen LogP contribution in [0.25, 0.3) is 0 Å². The van der Waals surface area contributed by atoms with Crippen LogP contribution in [-0.4, -0.2) is 83.9 Å². The molecule has 2 aromatic rings. The molecular weight excluding hydrogens is 572 g/mol. The van der Waals surface area contributed by atoms with Gasteiger partial charge in [0.1, 0.15) is 23.9 Å². The number of amides is 5. The topological polar surface area (TPSA) is 192 Å². The van der Waals surface area contributed by atoms with Crippen LogP contribution in [0, 0.1) is 0 Å². The molecule has 43 heavy (non-hydrogen) atoms. The summed E-state index contributed by atoms with van der Waals surface area (Å²) in [5, 5.41) is 22.5. The van der Waals surface area contributed by atoms with Crippen molar-refractivity contribution in [2.45, 2.75) is 57.3 Å². The molecule has 5 amide bonds. The zero-order valence-electron chi connectivity index (χ0n) is 24.7. The van der Waals surface area contributed by atoms with Crippen molar-refractivity contribution >= 4 is 41.3 Å². The van der Waals surface area contributed by atoms with Gasteiger partial charge >= 0.3 is 0 Å². The molecule has 234 valence electrons. The van der Waals surface area contributed by atoms with Gasteiger partial charge in [-0.3, -0.25) is 24.0 Å². The zero-order valence-corrected chi connectivity index (χ0v) is 25.5. The van der Waals surface area contributed by atoms with Gasteiger partial charge in [0.2, 0.25) is 29.5 Å². The average Bonchev–Trinajstić information content (AvgIpc) is 2.99. The van der Waals surface area contributed by atoms with E-state index in [-0.39, 0.29) is 24.5 Å². The standard InChI is InChI=1S/C30H42N6O6S/c1-4-32-29(41)24(14-15-43-3)36-30(42)25(17-20-8-6-5-7-9-20)35-26(38)18-33-27(39)19(2)34-28(40)23(31)16-21-10-12-22(37)13-11-21/h5-13,19,23-25,37H,4,14-18,31H2,1-3H3,(H,32,41)(H,33,39)(H,34,40)(H,35,38)(H,36,42)/t19-,23+,24+,25+/m1/s1. The number of phenols is 1. The first kappa shape index (κ1) is 35.1. The maximum absolute atomic E-state index is 13.3. The third-order valence-corrected chi connectivity index (χ3v) is 7.08. The van der Waals surface area contributed by atoms with E-state index in [0.717, 1.165) is 11.1 Å². The number of carbonyl (C=O) groups excluding carboxylic acids is 5. The van der Waals surface area contributed by atoms with E-state index in [4.69, 9.17) is 5.73 Å². The molecule has 0 aliphatic heterocycles. The molecule has 12 nitrogen and oxygen atoms in total. The van der Waals surface area contributed by atoms with Crippen molar-refractivity contribution in [2.24, 2.45) is 5.73 Å². The summed E-state index contributed by atoms with van der Waals surface area (Å²) >= 11 is 1.55. The molecule has 0 aliphatic carbocycles. The maximum atomic E-state index is 13.3. The summed E-state index contributed by atoms with van der Waals surface area (Å²) in [5.41, 5.74) is 7.50. The van der Waals surface area contributed by atoms with E-state index >= 15 is 0 Å². The van der Waals surface area contributed by atoms with Crippen molar-refractivity contribution in [3.8, 4) is 5.75 Å². The van der Waals surface area contributed by atoms with E-state index < -0.39 is 54.3 Å². The Balaban J connectivity index is 1.96. The minimum atomic E-state index is -1.01. The monoisotopic (exact) mass is 614 g/mol. The second kappa shape index (κ2) is 18.4. The molecule has 0 saturated heterocycles. The van der Waals surface area contributed by atoms with Crippen LogP contribution in [0.3, 0.4) is 0 Å². The molecule has 0 saturated carbocycles. The van der Waals surface area contributed by atoms with Crippen LogP contribution in [0.2, 0.25) is 0 Å².